The number of esters is 2. The van der Waals surface area contributed by atoms with E-state index in [0.29, 0.717) is 13.2 Å². The van der Waals surface area contributed by atoms with E-state index in [1.807, 2.05) is 0 Å². The van der Waals surface area contributed by atoms with Gasteiger partial charge in [-0.15, -0.1) is 0 Å². The van der Waals surface area contributed by atoms with Crippen LogP contribution < -0.4 is 0 Å². The van der Waals surface area contributed by atoms with Crippen LogP contribution in [0.25, 0.3) is 0 Å². The Hall–Kier alpha value is -1.06. The van der Waals surface area contributed by atoms with Crippen molar-refractivity contribution < 1.29 is 19.1 Å². The van der Waals surface area contributed by atoms with Gasteiger partial charge in [-0.2, -0.15) is 0 Å². The molecule has 0 N–H and O–H groups in total. The zero-order chi connectivity index (χ0) is 14.7. The van der Waals surface area contributed by atoms with Gasteiger partial charge in [-0.25, -0.2) is 0 Å². The summed E-state index contributed by atoms with van der Waals surface area (Å²) >= 11 is 0. The molecule has 0 rings (SSSR count). The lowest BCUT2D eigenvalue weighted by molar-refractivity contribution is -0.157. The Balaban J connectivity index is 4.70. The lowest BCUT2D eigenvalue weighted by atomic mass is 9.83. The number of hydrogen-bond donors (Lipinski definition) is 0. The fraction of sp³-hybridized carbons (Fsp3) is 0.867. The van der Waals surface area contributed by atoms with Gasteiger partial charge in [-0.05, 0) is 26.2 Å². The Morgan fingerprint density at radius 1 is 1.00 bits per heavy atom. The van der Waals surface area contributed by atoms with Crippen LogP contribution in [0.3, 0.4) is 0 Å². The van der Waals surface area contributed by atoms with E-state index in [2.05, 4.69) is 13.8 Å². The molecule has 2 unspecified atom stereocenters. The zero-order valence-electron chi connectivity index (χ0n) is 12.7. The number of unbranched alkanes of at least 4 members (excludes halogenated alkanes) is 1. The quantitative estimate of drug-likeness (QED) is 0.572. The third-order valence-electron chi connectivity index (χ3n) is 3.30. The van der Waals surface area contributed by atoms with E-state index in [-0.39, 0.29) is 30.2 Å². The second-order valence-electron chi connectivity index (χ2n) is 4.68. The first-order valence-corrected chi connectivity index (χ1v) is 7.42. The molecule has 0 aromatic carbocycles. The zero-order valence-corrected chi connectivity index (χ0v) is 12.7. The molecule has 0 saturated carbocycles. The molecule has 4 nitrogen and oxygen atoms in total. The van der Waals surface area contributed by atoms with E-state index in [1.54, 1.807) is 13.8 Å². The summed E-state index contributed by atoms with van der Waals surface area (Å²) in [6.45, 7) is 8.43. The fourth-order valence-electron chi connectivity index (χ4n) is 2.25. The summed E-state index contributed by atoms with van der Waals surface area (Å²) in [6.07, 6.45) is 4.12. The highest BCUT2D eigenvalue weighted by molar-refractivity contribution is 5.80. The van der Waals surface area contributed by atoms with Crippen LogP contribution in [0.2, 0.25) is 0 Å². The Labute approximate surface area is 116 Å². The van der Waals surface area contributed by atoms with Crippen LogP contribution in [0, 0.1) is 11.8 Å². The molecule has 4 heteroatoms. The van der Waals surface area contributed by atoms with Gasteiger partial charge in [0.25, 0.3) is 0 Å². The largest absolute Gasteiger partial charge is 0.466 e. The van der Waals surface area contributed by atoms with Gasteiger partial charge in [0.2, 0.25) is 0 Å². The predicted molar refractivity (Wildman–Crippen MR) is 74.7 cm³/mol. The lowest BCUT2D eigenvalue weighted by Crippen LogP contribution is -2.29. The van der Waals surface area contributed by atoms with Crippen LogP contribution in [0.5, 0.6) is 0 Å². The van der Waals surface area contributed by atoms with Gasteiger partial charge in [0.1, 0.15) is 0 Å². The number of hydrogen-bond acceptors (Lipinski definition) is 4. The normalized spacial score (nSPS) is 13.7. The molecule has 0 aliphatic heterocycles. The highest BCUT2D eigenvalue weighted by Gasteiger charge is 2.30. The molecule has 0 aromatic rings. The van der Waals surface area contributed by atoms with E-state index < -0.39 is 0 Å². The molecule has 2 atom stereocenters. The first-order valence-electron chi connectivity index (χ1n) is 7.42. The van der Waals surface area contributed by atoms with E-state index in [0.717, 1.165) is 25.7 Å². The van der Waals surface area contributed by atoms with Crippen LogP contribution in [0.1, 0.15) is 59.8 Å². The summed E-state index contributed by atoms with van der Waals surface area (Å²) in [5.41, 5.74) is 0. The van der Waals surface area contributed by atoms with E-state index in [4.69, 9.17) is 9.47 Å². The van der Waals surface area contributed by atoms with Gasteiger partial charge in [-0.1, -0.05) is 33.1 Å². The molecule has 0 aliphatic carbocycles. The van der Waals surface area contributed by atoms with Gasteiger partial charge in [0.15, 0.2) is 0 Å². The maximum Gasteiger partial charge on any atom is 0.309 e. The van der Waals surface area contributed by atoms with Crippen molar-refractivity contribution in [3.05, 3.63) is 0 Å². The molecule has 0 spiro atoms. The second-order valence-corrected chi connectivity index (χ2v) is 4.68. The Bertz CT molecular complexity index is 263. The minimum Gasteiger partial charge on any atom is -0.466 e. The van der Waals surface area contributed by atoms with Gasteiger partial charge < -0.3 is 9.47 Å². The Morgan fingerprint density at radius 3 is 2.11 bits per heavy atom. The SMILES string of the molecule is CCCCC(CC)C(CC(=O)OCC)C(=O)OCC. The highest BCUT2D eigenvalue weighted by atomic mass is 16.5. The lowest BCUT2D eigenvalue weighted by Gasteiger charge is -2.23. The van der Waals surface area contributed by atoms with Crippen molar-refractivity contribution in [1.29, 1.82) is 0 Å². The average Bonchev–Trinajstić information content (AvgIpc) is 2.38. The van der Waals surface area contributed by atoms with Crippen molar-refractivity contribution in [3.63, 3.8) is 0 Å². The summed E-state index contributed by atoms with van der Waals surface area (Å²) in [7, 11) is 0. The van der Waals surface area contributed by atoms with E-state index >= 15 is 0 Å². The number of ether oxygens (including phenoxy) is 2. The van der Waals surface area contributed by atoms with Crippen LogP contribution in [-0.4, -0.2) is 25.2 Å². The van der Waals surface area contributed by atoms with Crippen molar-refractivity contribution in [2.75, 3.05) is 13.2 Å². The van der Waals surface area contributed by atoms with Crippen molar-refractivity contribution in [2.24, 2.45) is 11.8 Å². The van der Waals surface area contributed by atoms with Crippen LogP contribution >= 0.6 is 0 Å². The van der Waals surface area contributed by atoms with Crippen molar-refractivity contribution in [1.82, 2.24) is 0 Å². The van der Waals surface area contributed by atoms with Gasteiger partial charge in [0, 0.05) is 0 Å². The number of carbonyl (C=O) groups excluding carboxylic acids is 2. The Morgan fingerprint density at radius 2 is 1.63 bits per heavy atom. The summed E-state index contributed by atoms with van der Waals surface area (Å²) in [5, 5.41) is 0. The first-order chi connectivity index (χ1) is 9.10. The predicted octanol–water partition coefficient (Wildman–Crippen LogP) is 3.34. The molecule has 0 bridgehead atoms. The summed E-state index contributed by atoms with van der Waals surface area (Å²) < 4.78 is 10.1. The monoisotopic (exact) mass is 272 g/mol. The molecular weight excluding hydrogens is 244 g/mol. The van der Waals surface area contributed by atoms with E-state index in [9.17, 15) is 9.59 Å². The topological polar surface area (TPSA) is 52.6 Å². The number of carbonyl (C=O) groups is 2. The third-order valence-corrected chi connectivity index (χ3v) is 3.30. The molecule has 0 fully saturated rings. The molecule has 0 aliphatic rings. The summed E-state index contributed by atoms with van der Waals surface area (Å²) in [5.74, 6) is -0.743. The number of rotatable bonds is 10. The molecule has 0 aromatic heterocycles. The minimum atomic E-state index is -0.365. The molecule has 112 valence electrons. The van der Waals surface area contributed by atoms with Gasteiger partial charge in [0.05, 0.1) is 25.6 Å². The summed E-state index contributed by atoms with van der Waals surface area (Å²) in [6, 6.07) is 0. The van der Waals surface area contributed by atoms with E-state index in [1.165, 1.54) is 0 Å². The van der Waals surface area contributed by atoms with Crippen molar-refractivity contribution >= 4 is 11.9 Å². The smallest absolute Gasteiger partial charge is 0.309 e. The maximum absolute atomic E-state index is 12.0. The molecule has 0 heterocycles. The molecule has 0 saturated heterocycles. The Kier molecular flexibility index (Phi) is 10.2. The average molecular weight is 272 g/mol. The van der Waals surface area contributed by atoms with Gasteiger partial charge >= 0.3 is 11.9 Å². The maximum atomic E-state index is 12.0. The molecule has 0 radical (unpaired) electrons. The first kappa shape index (κ1) is 17.9. The molecular formula is C15H28O4. The van der Waals surface area contributed by atoms with Crippen molar-refractivity contribution in [3.8, 4) is 0 Å². The van der Waals surface area contributed by atoms with Gasteiger partial charge in [-0.3, -0.25) is 9.59 Å². The highest BCUT2D eigenvalue weighted by Crippen LogP contribution is 2.26. The molecule has 19 heavy (non-hydrogen) atoms. The summed E-state index contributed by atoms with van der Waals surface area (Å²) in [4.78, 5) is 23.6. The van der Waals surface area contributed by atoms with Crippen LogP contribution in [-0.2, 0) is 19.1 Å². The van der Waals surface area contributed by atoms with Crippen molar-refractivity contribution in [2.45, 2.75) is 59.8 Å². The third kappa shape index (κ3) is 7.19. The minimum absolute atomic E-state index is 0.134. The molecule has 0 amide bonds. The second kappa shape index (κ2) is 10.8. The fourth-order valence-corrected chi connectivity index (χ4v) is 2.25. The van der Waals surface area contributed by atoms with Crippen LogP contribution in [0.15, 0.2) is 0 Å². The standard InChI is InChI=1S/C15H28O4/c1-5-9-10-12(6-2)13(15(17)19-8-4)11-14(16)18-7-3/h12-13H,5-11H2,1-4H3. The van der Waals surface area contributed by atoms with Crippen LogP contribution in [0.4, 0.5) is 0 Å².